The maximum Gasteiger partial charge on any atom is 0.425 e. The zero-order valence-electron chi connectivity index (χ0n) is 25.7. The molecule has 3 aromatic rings. The summed E-state index contributed by atoms with van der Waals surface area (Å²) in [7, 11) is 0. The van der Waals surface area contributed by atoms with Gasteiger partial charge in [0.1, 0.15) is 11.5 Å². The number of hydrogen-bond acceptors (Lipinski definition) is 5. The van der Waals surface area contributed by atoms with Crippen LogP contribution in [0.15, 0.2) is 72.8 Å². The van der Waals surface area contributed by atoms with Crippen LogP contribution in [0.1, 0.15) is 105 Å². The van der Waals surface area contributed by atoms with Gasteiger partial charge in [-0.05, 0) is 78.9 Å². The number of alkyl halides is 3. The SMILES string of the molecule is CCCCCCCCOc1ccc(-c2ccc(OC(=O)c3ccc(C(=O)OC(CCCCCC)C(F)(F)F)cc3)cc2)cc1. The zero-order valence-corrected chi connectivity index (χ0v) is 25.7. The van der Waals surface area contributed by atoms with E-state index in [1.54, 1.807) is 12.1 Å². The summed E-state index contributed by atoms with van der Waals surface area (Å²) >= 11 is 0. The van der Waals surface area contributed by atoms with Crippen molar-refractivity contribution in [2.24, 2.45) is 0 Å². The van der Waals surface area contributed by atoms with Crippen LogP contribution in [0, 0.1) is 0 Å². The summed E-state index contributed by atoms with van der Waals surface area (Å²) in [5.74, 6) is -0.587. The van der Waals surface area contributed by atoms with Gasteiger partial charge in [-0.25, -0.2) is 9.59 Å². The van der Waals surface area contributed by atoms with Gasteiger partial charge >= 0.3 is 18.1 Å². The molecule has 0 aliphatic carbocycles. The number of hydrogen-bond donors (Lipinski definition) is 0. The highest BCUT2D eigenvalue weighted by Gasteiger charge is 2.42. The monoisotopic (exact) mass is 612 g/mol. The van der Waals surface area contributed by atoms with Crippen LogP contribution in [0.3, 0.4) is 0 Å². The summed E-state index contributed by atoms with van der Waals surface area (Å²) in [6.07, 6.45) is 2.87. The fraction of sp³-hybridized carbons (Fsp3) is 0.444. The van der Waals surface area contributed by atoms with Crippen LogP contribution in [-0.2, 0) is 4.74 Å². The van der Waals surface area contributed by atoms with Crippen molar-refractivity contribution in [2.75, 3.05) is 6.61 Å². The van der Waals surface area contributed by atoms with Crippen molar-refractivity contribution in [3.05, 3.63) is 83.9 Å². The molecule has 3 rings (SSSR count). The summed E-state index contributed by atoms with van der Waals surface area (Å²) in [5, 5.41) is 0. The number of rotatable bonds is 18. The molecule has 0 aliphatic heterocycles. The Bertz CT molecular complexity index is 1270. The summed E-state index contributed by atoms with van der Waals surface area (Å²) in [6.45, 7) is 4.88. The highest BCUT2D eigenvalue weighted by molar-refractivity contribution is 5.94. The van der Waals surface area contributed by atoms with Gasteiger partial charge in [-0.3, -0.25) is 0 Å². The maximum absolute atomic E-state index is 13.4. The van der Waals surface area contributed by atoms with Crippen LogP contribution >= 0.6 is 0 Å². The van der Waals surface area contributed by atoms with E-state index in [1.165, 1.54) is 56.4 Å². The van der Waals surface area contributed by atoms with E-state index in [9.17, 15) is 22.8 Å². The smallest absolute Gasteiger partial charge is 0.425 e. The largest absolute Gasteiger partial charge is 0.494 e. The number of benzene rings is 3. The van der Waals surface area contributed by atoms with Gasteiger partial charge in [0.25, 0.3) is 0 Å². The van der Waals surface area contributed by atoms with Gasteiger partial charge < -0.3 is 14.2 Å². The Labute approximate surface area is 258 Å². The van der Waals surface area contributed by atoms with Gasteiger partial charge in [-0.2, -0.15) is 13.2 Å². The van der Waals surface area contributed by atoms with E-state index in [2.05, 4.69) is 6.92 Å². The molecule has 0 fully saturated rings. The summed E-state index contributed by atoms with van der Waals surface area (Å²) in [5.41, 5.74) is 2.00. The average molecular weight is 613 g/mol. The van der Waals surface area contributed by atoms with Gasteiger partial charge in [0.2, 0.25) is 0 Å². The molecule has 8 heteroatoms. The van der Waals surface area contributed by atoms with Gasteiger partial charge in [0.15, 0.2) is 6.10 Å². The molecular weight excluding hydrogens is 569 g/mol. The Morgan fingerprint density at radius 2 is 1.09 bits per heavy atom. The standard InChI is InChI=1S/C36H43F3O5/c1-3-5-7-9-10-12-26-42-31-22-18-27(19-23-31)28-20-24-32(25-21-28)43-34(40)29-14-16-30(17-15-29)35(41)44-33(36(37,38)39)13-11-8-6-4-2/h14-25,33H,3-13,26H2,1-2H3. The second-order valence-corrected chi connectivity index (χ2v) is 10.9. The average Bonchev–Trinajstić information content (AvgIpc) is 3.02. The highest BCUT2D eigenvalue weighted by atomic mass is 19.4. The molecule has 0 amide bonds. The Kier molecular flexibility index (Phi) is 14.3. The number of halogens is 3. The van der Waals surface area contributed by atoms with Crippen molar-refractivity contribution in [3.63, 3.8) is 0 Å². The highest BCUT2D eigenvalue weighted by Crippen LogP contribution is 2.29. The lowest BCUT2D eigenvalue weighted by atomic mass is 10.1. The third kappa shape index (κ3) is 11.7. The fourth-order valence-corrected chi connectivity index (χ4v) is 4.68. The van der Waals surface area contributed by atoms with E-state index in [0.717, 1.165) is 36.1 Å². The molecular formula is C36H43F3O5. The van der Waals surface area contributed by atoms with Crippen molar-refractivity contribution in [1.29, 1.82) is 0 Å². The minimum atomic E-state index is -4.65. The van der Waals surface area contributed by atoms with E-state index >= 15 is 0 Å². The first-order valence-corrected chi connectivity index (χ1v) is 15.6. The molecule has 1 atom stereocenters. The van der Waals surface area contributed by atoms with Gasteiger partial charge in [0.05, 0.1) is 17.7 Å². The molecule has 5 nitrogen and oxygen atoms in total. The molecule has 0 radical (unpaired) electrons. The lowest BCUT2D eigenvalue weighted by molar-refractivity contribution is -0.206. The van der Waals surface area contributed by atoms with Crippen molar-refractivity contribution in [2.45, 2.75) is 96.8 Å². The number of carbonyl (C=O) groups is 2. The molecule has 0 aromatic heterocycles. The first kappa shape index (κ1) is 34.7. The molecule has 44 heavy (non-hydrogen) atoms. The van der Waals surface area contributed by atoms with Crippen LogP contribution in [0.5, 0.6) is 11.5 Å². The fourth-order valence-electron chi connectivity index (χ4n) is 4.68. The first-order valence-electron chi connectivity index (χ1n) is 15.6. The van der Waals surface area contributed by atoms with E-state index in [4.69, 9.17) is 14.2 Å². The Morgan fingerprint density at radius 1 is 0.614 bits per heavy atom. The molecule has 1 unspecified atom stereocenters. The summed E-state index contributed by atoms with van der Waals surface area (Å²) in [6, 6.07) is 20.1. The maximum atomic E-state index is 13.4. The van der Waals surface area contributed by atoms with E-state index in [0.29, 0.717) is 25.2 Å². The lowest BCUT2D eigenvalue weighted by Gasteiger charge is -2.20. The predicted molar refractivity (Wildman–Crippen MR) is 166 cm³/mol. The molecule has 238 valence electrons. The first-order chi connectivity index (χ1) is 21.2. The minimum Gasteiger partial charge on any atom is -0.494 e. The van der Waals surface area contributed by atoms with Crippen molar-refractivity contribution >= 4 is 11.9 Å². The molecule has 0 saturated carbocycles. The van der Waals surface area contributed by atoms with Crippen LogP contribution < -0.4 is 9.47 Å². The Balaban J connectivity index is 1.49. The lowest BCUT2D eigenvalue weighted by Crippen LogP contribution is -2.33. The normalized spacial score (nSPS) is 12.0. The molecule has 0 saturated heterocycles. The molecule has 0 bridgehead atoms. The molecule has 0 N–H and O–H groups in total. The van der Waals surface area contributed by atoms with E-state index < -0.39 is 24.2 Å². The quantitative estimate of drug-likeness (QED) is 0.0813. The number of esters is 2. The predicted octanol–water partition coefficient (Wildman–Crippen LogP) is 10.4. The number of ether oxygens (including phenoxy) is 3. The number of carbonyl (C=O) groups excluding carboxylic acids is 2. The zero-order chi connectivity index (χ0) is 31.8. The van der Waals surface area contributed by atoms with Crippen LogP contribution in [0.2, 0.25) is 0 Å². The molecule has 0 spiro atoms. The molecule has 0 aliphatic rings. The number of unbranched alkanes of at least 4 members (excludes halogenated alkanes) is 8. The third-order valence-corrected chi connectivity index (χ3v) is 7.31. The summed E-state index contributed by atoms with van der Waals surface area (Å²) in [4.78, 5) is 25.0. The van der Waals surface area contributed by atoms with Gasteiger partial charge in [-0.1, -0.05) is 89.5 Å². The van der Waals surface area contributed by atoms with E-state index in [-0.39, 0.29) is 17.5 Å². The second-order valence-electron chi connectivity index (χ2n) is 10.9. The van der Waals surface area contributed by atoms with E-state index in [1.807, 2.05) is 43.3 Å². The second kappa shape index (κ2) is 18.1. The van der Waals surface area contributed by atoms with Crippen LogP contribution in [0.4, 0.5) is 13.2 Å². The Morgan fingerprint density at radius 3 is 1.64 bits per heavy atom. The van der Waals surface area contributed by atoms with Crippen molar-refractivity contribution < 1.29 is 37.0 Å². The topological polar surface area (TPSA) is 61.8 Å². The van der Waals surface area contributed by atoms with Crippen molar-refractivity contribution in [3.8, 4) is 22.6 Å². The molecule has 0 heterocycles. The van der Waals surface area contributed by atoms with Crippen LogP contribution in [-0.4, -0.2) is 30.8 Å². The van der Waals surface area contributed by atoms with Crippen LogP contribution in [0.25, 0.3) is 11.1 Å². The van der Waals surface area contributed by atoms with Crippen molar-refractivity contribution in [1.82, 2.24) is 0 Å². The molecule has 3 aromatic carbocycles. The Hall–Kier alpha value is -3.81. The summed E-state index contributed by atoms with van der Waals surface area (Å²) < 4.78 is 56.2. The van der Waals surface area contributed by atoms with Gasteiger partial charge in [-0.15, -0.1) is 0 Å². The third-order valence-electron chi connectivity index (χ3n) is 7.31. The minimum absolute atomic E-state index is 0.0764. The van der Waals surface area contributed by atoms with Gasteiger partial charge in [0, 0.05) is 0 Å².